The Morgan fingerprint density at radius 3 is 2.82 bits per heavy atom. The van der Waals surface area contributed by atoms with Gasteiger partial charge in [0, 0.05) is 24.7 Å². The predicted molar refractivity (Wildman–Crippen MR) is 85.1 cm³/mol. The van der Waals surface area contributed by atoms with Gasteiger partial charge in [-0.25, -0.2) is 9.82 Å². The minimum Gasteiger partial charge on any atom is -0.352 e. The molecule has 3 atom stereocenters. The summed E-state index contributed by atoms with van der Waals surface area (Å²) in [5.74, 6) is -0.603. The largest absolute Gasteiger partial charge is 0.352 e. The van der Waals surface area contributed by atoms with Crippen molar-refractivity contribution in [3.63, 3.8) is 0 Å². The highest BCUT2D eigenvalue weighted by Gasteiger charge is 2.36. The summed E-state index contributed by atoms with van der Waals surface area (Å²) >= 11 is 0. The third-order valence-corrected chi connectivity index (χ3v) is 4.20. The summed E-state index contributed by atoms with van der Waals surface area (Å²) in [6, 6.07) is 6.44. The van der Waals surface area contributed by atoms with Gasteiger partial charge in [0.15, 0.2) is 0 Å². The highest BCUT2D eigenvalue weighted by atomic mass is 35.5. The molecule has 0 aromatic heterocycles. The molecule has 0 bridgehead atoms. The molecule has 2 aliphatic heterocycles. The molecule has 2 heterocycles. The van der Waals surface area contributed by atoms with E-state index in [1.165, 1.54) is 6.07 Å². The van der Waals surface area contributed by atoms with E-state index in [2.05, 4.69) is 21.5 Å². The molecular formula is C15H22ClFN4O. The molecule has 2 fully saturated rings. The van der Waals surface area contributed by atoms with Gasteiger partial charge in [0.25, 0.3) is 0 Å². The second-order valence-electron chi connectivity index (χ2n) is 5.68. The number of piperidine rings is 1. The maximum atomic E-state index is 13.9. The van der Waals surface area contributed by atoms with Crippen molar-refractivity contribution in [3.8, 4) is 0 Å². The maximum Gasteiger partial charge on any atom is 0.226 e. The summed E-state index contributed by atoms with van der Waals surface area (Å²) in [5, 5.41) is 6.35. The molecule has 5 nitrogen and oxygen atoms in total. The summed E-state index contributed by atoms with van der Waals surface area (Å²) in [7, 11) is 0. The van der Waals surface area contributed by atoms with E-state index >= 15 is 0 Å². The van der Waals surface area contributed by atoms with Gasteiger partial charge in [-0.1, -0.05) is 18.2 Å². The molecule has 0 spiro atoms. The number of rotatable bonds is 3. The lowest BCUT2D eigenvalue weighted by molar-refractivity contribution is -0.125. The van der Waals surface area contributed by atoms with Crippen LogP contribution in [0.15, 0.2) is 24.3 Å². The molecule has 3 unspecified atom stereocenters. The van der Waals surface area contributed by atoms with Crippen LogP contribution in [0.25, 0.3) is 0 Å². The van der Waals surface area contributed by atoms with Crippen molar-refractivity contribution >= 4 is 18.3 Å². The van der Waals surface area contributed by atoms with Gasteiger partial charge < -0.3 is 10.6 Å². The van der Waals surface area contributed by atoms with Gasteiger partial charge in [-0.05, 0) is 25.5 Å². The highest BCUT2D eigenvalue weighted by molar-refractivity contribution is 5.85. The van der Waals surface area contributed by atoms with Crippen LogP contribution in [0, 0.1) is 11.7 Å². The van der Waals surface area contributed by atoms with Crippen LogP contribution >= 0.6 is 12.4 Å². The summed E-state index contributed by atoms with van der Waals surface area (Å²) in [5.41, 5.74) is 6.52. The second-order valence-corrected chi connectivity index (χ2v) is 5.68. The topological polar surface area (TPSA) is 65.2 Å². The van der Waals surface area contributed by atoms with Crippen molar-refractivity contribution in [1.82, 2.24) is 21.5 Å². The van der Waals surface area contributed by atoms with Crippen molar-refractivity contribution in [2.75, 3.05) is 19.6 Å². The minimum absolute atomic E-state index is 0. The van der Waals surface area contributed by atoms with Crippen molar-refractivity contribution in [2.45, 2.75) is 24.9 Å². The van der Waals surface area contributed by atoms with Gasteiger partial charge in [0.05, 0.1) is 12.0 Å². The second kappa shape index (κ2) is 7.87. The number of amides is 1. The molecule has 2 saturated heterocycles. The molecule has 122 valence electrons. The Balaban J connectivity index is 0.00000176. The SMILES string of the molecule is Cl.O=C(NC1CCCNC1)C1CNNC1c1ccccc1F. The quantitative estimate of drug-likeness (QED) is 0.665. The summed E-state index contributed by atoms with van der Waals surface area (Å²) in [6.07, 6.45) is 2.07. The zero-order valence-corrected chi connectivity index (χ0v) is 13.1. The normalized spacial score (nSPS) is 28.0. The Morgan fingerprint density at radius 2 is 2.09 bits per heavy atom. The van der Waals surface area contributed by atoms with Gasteiger partial charge in [-0.2, -0.15) is 0 Å². The van der Waals surface area contributed by atoms with Crippen molar-refractivity contribution in [2.24, 2.45) is 5.92 Å². The Hall–Kier alpha value is -1.21. The van der Waals surface area contributed by atoms with Crippen LogP contribution in [0.3, 0.4) is 0 Å². The fourth-order valence-corrected chi connectivity index (χ4v) is 3.05. The van der Waals surface area contributed by atoms with Gasteiger partial charge in [0.2, 0.25) is 5.91 Å². The van der Waals surface area contributed by atoms with E-state index < -0.39 is 0 Å². The van der Waals surface area contributed by atoms with Gasteiger partial charge in [-0.3, -0.25) is 10.2 Å². The summed E-state index contributed by atoms with van der Waals surface area (Å²) < 4.78 is 13.9. The third kappa shape index (κ3) is 3.76. The first-order valence-corrected chi connectivity index (χ1v) is 7.49. The highest BCUT2D eigenvalue weighted by Crippen LogP contribution is 2.27. The number of hydrogen-bond donors (Lipinski definition) is 4. The van der Waals surface area contributed by atoms with Crippen LogP contribution in [-0.2, 0) is 4.79 Å². The molecule has 1 aromatic carbocycles. The number of nitrogens with one attached hydrogen (secondary N) is 4. The van der Waals surface area contributed by atoms with Crippen LogP contribution in [-0.4, -0.2) is 31.6 Å². The molecular weight excluding hydrogens is 307 g/mol. The Labute approximate surface area is 135 Å². The lowest BCUT2D eigenvalue weighted by atomic mass is 9.93. The van der Waals surface area contributed by atoms with Crippen LogP contribution in [0.5, 0.6) is 0 Å². The smallest absolute Gasteiger partial charge is 0.226 e. The van der Waals surface area contributed by atoms with Crippen LogP contribution in [0.1, 0.15) is 24.4 Å². The average Bonchev–Trinajstić information content (AvgIpc) is 2.98. The van der Waals surface area contributed by atoms with Crippen LogP contribution < -0.4 is 21.5 Å². The zero-order chi connectivity index (χ0) is 14.7. The molecule has 7 heteroatoms. The first-order valence-electron chi connectivity index (χ1n) is 7.49. The molecule has 4 N–H and O–H groups in total. The number of hydrogen-bond acceptors (Lipinski definition) is 4. The summed E-state index contributed by atoms with van der Waals surface area (Å²) in [6.45, 7) is 2.32. The lowest BCUT2D eigenvalue weighted by Crippen LogP contribution is -2.48. The third-order valence-electron chi connectivity index (χ3n) is 4.20. The first-order chi connectivity index (χ1) is 10.3. The molecule has 2 aliphatic rings. The van der Waals surface area contributed by atoms with Crippen molar-refractivity contribution in [1.29, 1.82) is 0 Å². The molecule has 0 saturated carbocycles. The predicted octanol–water partition coefficient (Wildman–Crippen LogP) is 0.881. The van der Waals surface area contributed by atoms with E-state index in [0.717, 1.165) is 25.9 Å². The van der Waals surface area contributed by atoms with E-state index in [4.69, 9.17) is 0 Å². The maximum absolute atomic E-state index is 13.9. The van der Waals surface area contributed by atoms with Gasteiger partial charge >= 0.3 is 0 Å². The number of carbonyl (C=O) groups excluding carboxylic acids is 1. The van der Waals surface area contributed by atoms with Crippen LogP contribution in [0.2, 0.25) is 0 Å². The molecule has 1 amide bonds. The minimum atomic E-state index is -0.331. The van der Waals surface area contributed by atoms with Crippen LogP contribution in [0.4, 0.5) is 4.39 Å². The molecule has 22 heavy (non-hydrogen) atoms. The molecule has 3 rings (SSSR count). The Bertz CT molecular complexity index is 510. The van der Waals surface area contributed by atoms with E-state index in [9.17, 15) is 9.18 Å². The number of hydrazine groups is 1. The number of carbonyl (C=O) groups is 1. The van der Waals surface area contributed by atoms with E-state index in [-0.39, 0.29) is 42.1 Å². The fourth-order valence-electron chi connectivity index (χ4n) is 3.05. The molecule has 0 aliphatic carbocycles. The van der Waals surface area contributed by atoms with E-state index in [0.29, 0.717) is 12.1 Å². The summed E-state index contributed by atoms with van der Waals surface area (Å²) in [4.78, 5) is 12.5. The Morgan fingerprint density at radius 1 is 1.27 bits per heavy atom. The number of benzene rings is 1. The van der Waals surface area contributed by atoms with E-state index in [1.54, 1.807) is 18.2 Å². The first kappa shape index (κ1) is 17.1. The monoisotopic (exact) mass is 328 g/mol. The standard InChI is InChI=1S/C15H21FN4O.ClH/c16-13-6-2-1-5-11(13)14-12(9-18-20-14)15(21)19-10-4-3-7-17-8-10;/h1-2,5-6,10,12,14,17-18,20H,3-4,7-9H2,(H,19,21);1H. The molecule has 1 aromatic rings. The lowest BCUT2D eigenvalue weighted by Gasteiger charge is -2.26. The zero-order valence-electron chi connectivity index (χ0n) is 12.3. The van der Waals surface area contributed by atoms with Gasteiger partial charge in [-0.15, -0.1) is 12.4 Å². The Kier molecular flexibility index (Phi) is 6.14. The number of halogens is 2. The van der Waals surface area contributed by atoms with Crippen molar-refractivity contribution in [3.05, 3.63) is 35.6 Å². The average molecular weight is 329 g/mol. The van der Waals surface area contributed by atoms with Crippen molar-refractivity contribution < 1.29 is 9.18 Å². The van der Waals surface area contributed by atoms with Gasteiger partial charge in [0.1, 0.15) is 5.82 Å². The fraction of sp³-hybridized carbons (Fsp3) is 0.533. The van der Waals surface area contributed by atoms with E-state index in [1.807, 2.05) is 0 Å². The molecule has 0 radical (unpaired) electrons.